The van der Waals surface area contributed by atoms with Crippen molar-refractivity contribution in [3.8, 4) is 0 Å². The molecule has 0 spiro atoms. The van der Waals surface area contributed by atoms with Crippen LogP contribution in [0.25, 0.3) is 0 Å². The van der Waals surface area contributed by atoms with Crippen LogP contribution in [-0.2, 0) is 9.84 Å². The molecule has 0 amide bonds. The molecule has 0 aromatic carbocycles. The molecule has 1 rings (SSSR count). The maximum absolute atomic E-state index is 11.3. The van der Waals surface area contributed by atoms with Gasteiger partial charge in [0.25, 0.3) is 0 Å². The highest BCUT2D eigenvalue weighted by Gasteiger charge is 2.38. The van der Waals surface area contributed by atoms with Crippen LogP contribution >= 0.6 is 0 Å². The lowest BCUT2D eigenvalue weighted by atomic mass is 10.0. The van der Waals surface area contributed by atoms with E-state index in [0.29, 0.717) is 12.4 Å². The lowest BCUT2D eigenvalue weighted by molar-refractivity contribution is 0.464. The van der Waals surface area contributed by atoms with Crippen LogP contribution in [0.1, 0.15) is 13.3 Å². The van der Waals surface area contributed by atoms with Crippen molar-refractivity contribution in [1.82, 2.24) is 10.7 Å². The normalized spacial score (nSPS) is 31.5. The van der Waals surface area contributed by atoms with Gasteiger partial charge in [0.1, 0.15) is 0 Å². The quantitative estimate of drug-likeness (QED) is 0.219. The first kappa shape index (κ1) is 11.3. The number of guanidine groups is 1. The Morgan fingerprint density at radius 3 is 2.57 bits per heavy atom. The number of hydrogen-bond acceptors (Lipinski definition) is 4. The fourth-order valence-electron chi connectivity index (χ4n) is 1.55. The summed E-state index contributed by atoms with van der Waals surface area (Å²) >= 11 is 0. The Bertz CT molecular complexity index is 338. The van der Waals surface area contributed by atoms with Crippen molar-refractivity contribution in [3.05, 3.63) is 0 Å². The Labute approximate surface area is 83.9 Å². The van der Waals surface area contributed by atoms with Gasteiger partial charge in [0, 0.05) is 7.05 Å². The second-order valence-corrected chi connectivity index (χ2v) is 5.93. The van der Waals surface area contributed by atoms with Gasteiger partial charge >= 0.3 is 0 Å². The number of nitrogens with one attached hydrogen (secondary N) is 2. The molecule has 0 radical (unpaired) electrons. The minimum absolute atomic E-state index is 0.126. The number of rotatable bonds is 1. The molecule has 1 saturated heterocycles. The molecule has 0 aromatic rings. The van der Waals surface area contributed by atoms with Crippen LogP contribution < -0.4 is 16.6 Å². The fourth-order valence-corrected chi connectivity index (χ4v) is 3.64. The summed E-state index contributed by atoms with van der Waals surface area (Å²) in [5.41, 5.74) is 1.92. The van der Waals surface area contributed by atoms with Crippen LogP contribution in [0.5, 0.6) is 0 Å². The van der Waals surface area contributed by atoms with E-state index in [0.717, 1.165) is 0 Å². The van der Waals surface area contributed by atoms with Gasteiger partial charge < -0.3 is 5.32 Å². The maximum atomic E-state index is 11.3. The van der Waals surface area contributed by atoms with Crippen molar-refractivity contribution in [3.63, 3.8) is 0 Å². The Morgan fingerprint density at radius 1 is 1.57 bits per heavy atom. The van der Waals surface area contributed by atoms with Crippen molar-refractivity contribution >= 4 is 15.8 Å². The average molecular weight is 220 g/mol. The largest absolute Gasteiger partial charge is 0.349 e. The molecule has 0 aliphatic carbocycles. The lowest BCUT2D eigenvalue weighted by Gasteiger charge is -2.25. The van der Waals surface area contributed by atoms with Gasteiger partial charge in [0.15, 0.2) is 9.84 Å². The lowest BCUT2D eigenvalue weighted by Crippen LogP contribution is -2.53. The Morgan fingerprint density at radius 2 is 2.21 bits per heavy atom. The van der Waals surface area contributed by atoms with E-state index < -0.39 is 15.4 Å². The highest BCUT2D eigenvalue weighted by atomic mass is 32.2. The highest BCUT2D eigenvalue weighted by molar-refractivity contribution is 7.91. The van der Waals surface area contributed by atoms with Gasteiger partial charge in [-0.1, -0.05) is 0 Å². The van der Waals surface area contributed by atoms with Gasteiger partial charge in [0.2, 0.25) is 5.96 Å². The number of nitrogens with zero attached hydrogens (tertiary/aromatic N) is 1. The number of sulfone groups is 1. The van der Waals surface area contributed by atoms with Crippen LogP contribution in [0.3, 0.4) is 0 Å². The molecule has 0 bridgehead atoms. The molecule has 1 unspecified atom stereocenters. The van der Waals surface area contributed by atoms with Crippen molar-refractivity contribution in [2.45, 2.75) is 18.9 Å². The van der Waals surface area contributed by atoms with E-state index in [1.807, 2.05) is 6.92 Å². The van der Waals surface area contributed by atoms with E-state index in [1.165, 1.54) is 0 Å². The number of hydrogen-bond donors (Lipinski definition) is 3. The van der Waals surface area contributed by atoms with Crippen LogP contribution in [0.15, 0.2) is 4.99 Å². The minimum Gasteiger partial charge on any atom is -0.349 e. The van der Waals surface area contributed by atoms with Crippen molar-refractivity contribution in [1.29, 1.82) is 0 Å². The summed E-state index contributed by atoms with van der Waals surface area (Å²) < 4.78 is 22.5. The summed E-state index contributed by atoms with van der Waals surface area (Å²) in [5.74, 6) is 5.95. The monoisotopic (exact) mass is 220 g/mol. The van der Waals surface area contributed by atoms with Gasteiger partial charge in [-0.2, -0.15) is 0 Å². The van der Waals surface area contributed by atoms with E-state index >= 15 is 0 Å². The SMILES string of the molecule is CN=C(NN)NC1(C)CCS(=O)(=O)C1. The van der Waals surface area contributed by atoms with Gasteiger partial charge in [-0.25, -0.2) is 14.3 Å². The van der Waals surface area contributed by atoms with Gasteiger partial charge in [-0.05, 0) is 13.3 Å². The van der Waals surface area contributed by atoms with Crippen LogP contribution in [-0.4, -0.2) is 38.5 Å². The summed E-state index contributed by atoms with van der Waals surface area (Å²) in [4.78, 5) is 3.84. The van der Waals surface area contributed by atoms with Crippen LogP contribution in [0, 0.1) is 0 Å². The van der Waals surface area contributed by atoms with Crippen molar-refractivity contribution in [2.24, 2.45) is 10.8 Å². The predicted molar refractivity (Wildman–Crippen MR) is 55.5 cm³/mol. The third-order valence-electron chi connectivity index (χ3n) is 2.28. The van der Waals surface area contributed by atoms with Gasteiger partial charge in [-0.3, -0.25) is 10.4 Å². The molecule has 1 fully saturated rings. The molecular formula is C7H16N4O2S. The molecule has 14 heavy (non-hydrogen) atoms. The predicted octanol–water partition coefficient (Wildman–Crippen LogP) is -1.40. The molecule has 4 N–H and O–H groups in total. The molecule has 82 valence electrons. The molecule has 0 saturated carbocycles. The second-order valence-electron chi connectivity index (χ2n) is 3.74. The summed E-state index contributed by atoms with van der Waals surface area (Å²) in [7, 11) is -1.32. The average Bonchev–Trinajstić information content (AvgIpc) is 2.37. The first-order valence-corrected chi connectivity index (χ1v) is 6.15. The number of aliphatic imine (C=N–C) groups is 1. The zero-order chi connectivity index (χ0) is 10.8. The minimum atomic E-state index is -2.90. The Hall–Kier alpha value is -0.820. The zero-order valence-electron chi connectivity index (χ0n) is 8.37. The molecule has 6 nitrogen and oxygen atoms in total. The van der Waals surface area contributed by atoms with Crippen LogP contribution in [0.4, 0.5) is 0 Å². The van der Waals surface area contributed by atoms with E-state index in [1.54, 1.807) is 7.05 Å². The Kier molecular flexibility index (Phi) is 3.01. The van der Waals surface area contributed by atoms with Gasteiger partial charge in [0.05, 0.1) is 17.0 Å². The molecule has 0 aromatic heterocycles. The first-order chi connectivity index (χ1) is 6.41. The van der Waals surface area contributed by atoms with E-state index in [-0.39, 0.29) is 11.5 Å². The maximum Gasteiger partial charge on any atom is 0.205 e. The van der Waals surface area contributed by atoms with Crippen LogP contribution in [0.2, 0.25) is 0 Å². The summed E-state index contributed by atoms with van der Waals surface area (Å²) in [6.07, 6.45) is 0.579. The molecule has 1 aliphatic rings. The smallest absolute Gasteiger partial charge is 0.205 e. The first-order valence-electron chi connectivity index (χ1n) is 4.33. The highest BCUT2D eigenvalue weighted by Crippen LogP contribution is 2.22. The van der Waals surface area contributed by atoms with Gasteiger partial charge in [-0.15, -0.1) is 0 Å². The fraction of sp³-hybridized carbons (Fsp3) is 0.857. The third-order valence-corrected chi connectivity index (χ3v) is 4.19. The standard InChI is InChI=1S/C7H16N4O2S/c1-7(10-6(9-2)11-8)3-4-14(12,13)5-7/h3-5,8H2,1-2H3,(H2,9,10,11). The zero-order valence-corrected chi connectivity index (χ0v) is 9.19. The Balaban J connectivity index is 2.70. The molecule has 1 atom stereocenters. The summed E-state index contributed by atoms with van der Waals surface area (Å²) in [5, 5.41) is 2.98. The molecule has 7 heteroatoms. The summed E-state index contributed by atoms with van der Waals surface area (Å²) in [6, 6.07) is 0. The van der Waals surface area contributed by atoms with E-state index in [9.17, 15) is 8.42 Å². The third kappa shape index (κ3) is 2.58. The second kappa shape index (κ2) is 3.74. The molecule has 1 aliphatic heterocycles. The summed E-state index contributed by atoms with van der Waals surface area (Å²) in [6.45, 7) is 1.85. The number of nitrogens with two attached hydrogens (primary N) is 1. The topological polar surface area (TPSA) is 96.6 Å². The molecular weight excluding hydrogens is 204 g/mol. The van der Waals surface area contributed by atoms with Crippen molar-refractivity contribution < 1.29 is 8.42 Å². The van der Waals surface area contributed by atoms with Crippen molar-refractivity contribution in [2.75, 3.05) is 18.6 Å². The van der Waals surface area contributed by atoms with E-state index in [4.69, 9.17) is 5.84 Å². The van der Waals surface area contributed by atoms with E-state index in [2.05, 4.69) is 15.7 Å². The molecule has 1 heterocycles. The number of hydrazine groups is 1.